The molecule has 20 heavy (non-hydrogen) atoms. The third-order valence-electron chi connectivity index (χ3n) is 2.76. The highest BCUT2D eigenvalue weighted by Crippen LogP contribution is 1.96. The highest BCUT2D eigenvalue weighted by atomic mass is 16.2. The van der Waals surface area contributed by atoms with Crippen molar-refractivity contribution in [3.63, 3.8) is 0 Å². The molecule has 3 N–H and O–H groups in total. The lowest BCUT2D eigenvalue weighted by Gasteiger charge is -2.22. The first kappa shape index (κ1) is 18.4. The molecule has 0 aliphatic heterocycles. The van der Waals surface area contributed by atoms with Gasteiger partial charge in [-0.3, -0.25) is 19.3 Å². The summed E-state index contributed by atoms with van der Waals surface area (Å²) < 4.78 is 0. The molecule has 0 bridgehead atoms. The smallest absolute Gasteiger partial charge is 0.244 e. The van der Waals surface area contributed by atoms with Gasteiger partial charge >= 0.3 is 0 Å². The molecule has 0 radical (unpaired) electrons. The van der Waals surface area contributed by atoms with Crippen LogP contribution < -0.4 is 11.1 Å². The summed E-state index contributed by atoms with van der Waals surface area (Å²) in [6, 6.07) is -0.584. The van der Waals surface area contributed by atoms with Crippen LogP contribution in [0.3, 0.4) is 0 Å². The fourth-order valence-electron chi connectivity index (χ4n) is 1.76. The molecule has 0 saturated heterocycles. The van der Waals surface area contributed by atoms with Gasteiger partial charge in [0.1, 0.15) is 6.04 Å². The van der Waals surface area contributed by atoms with Gasteiger partial charge in [0.05, 0.1) is 13.1 Å². The van der Waals surface area contributed by atoms with E-state index in [1.165, 1.54) is 4.90 Å². The van der Waals surface area contributed by atoms with Crippen molar-refractivity contribution in [3.8, 4) is 0 Å². The van der Waals surface area contributed by atoms with Gasteiger partial charge in [0.25, 0.3) is 0 Å². The van der Waals surface area contributed by atoms with E-state index in [1.54, 1.807) is 25.9 Å². The number of carbonyl (C=O) groups is 3. The van der Waals surface area contributed by atoms with E-state index < -0.39 is 11.9 Å². The zero-order valence-corrected chi connectivity index (χ0v) is 12.8. The van der Waals surface area contributed by atoms with Gasteiger partial charge < -0.3 is 16.0 Å². The van der Waals surface area contributed by atoms with E-state index >= 15 is 0 Å². The van der Waals surface area contributed by atoms with Crippen LogP contribution in [0.25, 0.3) is 0 Å². The van der Waals surface area contributed by atoms with E-state index in [4.69, 9.17) is 5.73 Å². The molecular formula is C13H26N4O3. The van der Waals surface area contributed by atoms with E-state index in [0.717, 1.165) is 12.8 Å². The third kappa shape index (κ3) is 7.73. The van der Waals surface area contributed by atoms with Gasteiger partial charge in [0.15, 0.2) is 0 Å². The molecule has 0 rings (SSSR count). The maximum absolute atomic E-state index is 11.9. The zero-order valence-electron chi connectivity index (χ0n) is 12.8. The molecule has 0 aliphatic rings. The van der Waals surface area contributed by atoms with Gasteiger partial charge in [0.2, 0.25) is 17.7 Å². The molecule has 7 nitrogen and oxygen atoms in total. The second kappa shape index (κ2) is 9.30. The summed E-state index contributed by atoms with van der Waals surface area (Å²) >= 11 is 0. The highest BCUT2D eigenvalue weighted by molar-refractivity contribution is 5.88. The van der Waals surface area contributed by atoms with Gasteiger partial charge in [-0.1, -0.05) is 13.3 Å². The number of nitrogens with two attached hydrogens (primary N) is 1. The lowest BCUT2D eigenvalue weighted by Crippen LogP contribution is -2.48. The van der Waals surface area contributed by atoms with Crippen LogP contribution in [0.5, 0.6) is 0 Å². The predicted octanol–water partition coefficient (Wildman–Crippen LogP) is -0.833. The first-order chi connectivity index (χ1) is 9.27. The summed E-state index contributed by atoms with van der Waals surface area (Å²) in [4.78, 5) is 37.6. The zero-order chi connectivity index (χ0) is 15.7. The number of hydrogen-bond acceptors (Lipinski definition) is 4. The Hall–Kier alpha value is -1.63. The SMILES string of the molecule is CCCCN(CC(N)=O)CC(=O)NC(C)C(=O)N(C)C. The third-order valence-corrected chi connectivity index (χ3v) is 2.76. The molecule has 7 heteroatoms. The van der Waals surface area contributed by atoms with E-state index in [2.05, 4.69) is 5.32 Å². The van der Waals surface area contributed by atoms with Gasteiger partial charge in [0, 0.05) is 14.1 Å². The van der Waals surface area contributed by atoms with Crippen LogP contribution in [0.1, 0.15) is 26.7 Å². The minimum absolute atomic E-state index is 0.0451. The number of rotatable bonds is 9. The molecule has 1 atom stereocenters. The van der Waals surface area contributed by atoms with Crippen LogP contribution >= 0.6 is 0 Å². The van der Waals surface area contributed by atoms with Crippen LogP contribution in [-0.4, -0.2) is 67.3 Å². The first-order valence-electron chi connectivity index (χ1n) is 6.79. The maximum atomic E-state index is 11.9. The fraction of sp³-hybridized carbons (Fsp3) is 0.769. The first-order valence-corrected chi connectivity index (χ1v) is 6.79. The van der Waals surface area contributed by atoms with Gasteiger partial charge in [-0.05, 0) is 19.9 Å². The normalized spacial score (nSPS) is 12.1. The van der Waals surface area contributed by atoms with Crippen LogP contribution in [-0.2, 0) is 14.4 Å². The van der Waals surface area contributed by atoms with Crippen molar-refractivity contribution < 1.29 is 14.4 Å². The molecule has 0 aromatic rings. The minimum Gasteiger partial charge on any atom is -0.369 e. The highest BCUT2D eigenvalue weighted by Gasteiger charge is 2.19. The van der Waals surface area contributed by atoms with Crippen LogP contribution in [0.4, 0.5) is 0 Å². The van der Waals surface area contributed by atoms with Crippen LogP contribution in [0, 0.1) is 0 Å². The number of nitrogens with zero attached hydrogens (tertiary/aromatic N) is 2. The second-order valence-corrected chi connectivity index (χ2v) is 5.05. The predicted molar refractivity (Wildman–Crippen MR) is 76.8 cm³/mol. The number of unbranched alkanes of at least 4 members (excludes halogenated alkanes) is 1. The fourth-order valence-corrected chi connectivity index (χ4v) is 1.76. The molecule has 0 fully saturated rings. The van der Waals surface area contributed by atoms with Crippen molar-refractivity contribution in [2.24, 2.45) is 5.73 Å². The molecular weight excluding hydrogens is 260 g/mol. The van der Waals surface area contributed by atoms with Crippen molar-refractivity contribution in [1.82, 2.24) is 15.1 Å². The molecule has 0 aromatic carbocycles. The van der Waals surface area contributed by atoms with Gasteiger partial charge in [-0.15, -0.1) is 0 Å². The Balaban J connectivity index is 4.37. The minimum atomic E-state index is -0.584. The lowest BCUT2D eigenvalue weighted by atomic mass is 10.2. The quantitative estimate of drug-likeness (QED) is 0.578. The summed E-state index contributed by atoms with van der Waals surface area (Å²) in [6.45, 7) is 4.39. The molecule has 3 amide bonds. The summed E-state index contributed by atoms with van der Waals surface area (Å²) in [6.07, 6.45) is 1.85. The van der Waals surface area contributed by atoms with Crippen LogP contribution in [0.15, 0.2) is 0 Å². The van der Waals surface area contributed by atoms with Crippen molar-refractivity contribution in [3.05, 3.63) is 0 Å². The largest absolute Gasteiger partial charge is 0.369 e. The number of amides is 3. The van der Waals surface area contributed by atoms with Crippen molar-refractivity contribution >= 4 is 17.7 Å². The summed E-state index contributed by atoms with van der Waals surface area (Å²) in [5.41, 5.74) is 5.16. The Morgan fingerprint density at radius 3 is 2.25 bits per heavy atom. The molecule has 0 aliphatic carbocycles. The van der Waals surface area contributed by atoms with Crippen molar-refractivity contribution in [2.75, 3.05) is 33.7 Å². The summed E-state index contributed by atoms with van der Waals surface area (Å²) in [5.74, 6) is -0.926. The second-order valence-electron chi connectivity index (χ2n) is 5.05. The average Bonchev–Trinajstić information content (AvgIpc) is 2.33. The van der Waals surface area contributed by atoms with Crippen LogP contribution in [0.2, 0.25) is 0 Å². The summed E-state index contributed by atoms with van der Waals surface area (Å²) in [5, 5.41) is 2.62. The Bertz CT molecular complexity index is 345. The molecule has 0 saturated carbocycles. The average molecular weight is 286 g/mol. The van der Waals surface area contributed by atoms with E-state index in [1.807, 2.05) is 6.92 Å². The standard InChI is InChI=1S/C13H26N4O3/c1-5-6-7-17(8-11(14)18)9-12(19)15-10(2)13(20)16(3)4/h10H,5-9H2,1-4H3,(H2,14,18)(H,15,19). The van der Waals surface area contributed by atoms with E-state index in [-0.39, 0.29) is 24.9 Å². The lowest BCUT2D eigenvalue weighted by molar-refractivity contribution is -0.134. The Labute approximate surface area is 120 Å². The molecule has 0 aromatic heterocycles. The maximum Gasteiger partial charge on any atom is 0.244 e. The van der Waals surface area contributed by atoms with Crippen molar-refractivity contribution in [2.45, 2.75) is 32.7 Å². The Kier molecular flexibility index (Phi) is 8.54. The van der Waals surface area contributed by atoms with Gasteiger partial charge in [-0.2, -0.15) is 0 Å². The topological polar surface area (TPSA) is 95.7 Å². The molecule has 1 unspecified atom stereocenters. The number of carbonyl (C=O) groups excluding carboxylic acids is 3. The Morgan fingerprint density at radius 2 is 1.80 bits per heavy atom. The van der Waals surface area contributed by atoms with Crippen molar-refractivity contribution in [1.29, 1.82) is 0 Å². The number of likely N-dealkylation sites (N-methyl/N-ethyl adjacent to an activating group) is 1. The van der Waals surface area contributed by atoms with E-state index in [0.29, 0.717) is 6.54 Å². The monoisotopic (exact) mass is 286 g/mol. The molecule has 0 heterocycles. The Morgan fingerprint density at radius 1 is 1.20 bits per heavy atom. The summed E-state index contributed by atoms with van der Waals surface area (Å²) in [7, 11) is 3.26. The van der Waals surface area contributed by atoms with E-state index in [9.17, 15) is 14.4 Å². The molecule has 116 valence electrons. The van der Waals surface area contributed by atoms with Gasteiger partial charge in [-0.25, -0.2) is 0 Å². The number of primary amides is 1. The number of nitrogens with one attached hydrogen (secondary N) is 1. The molecule has 0 spiro atoms. The number of hydrogen-bond donors (Lipinski definition) is 2.